The molecule has 1 aromatic heterocycles. The van der Waals surface area contributed by atoms with E-state index in [1.165, 1.54) is 0 Å². The van der Waals surface area contributed by atoms with Crippen LogP contribution in [0.2, 0.25) is 0 Å². The SMILES string of the molecule is Cl.NC(CCCCNC(=O)c1ccc2cc(-c3nc4ccccc4o3)ccc2c1)C(=O)O. The number of nitrogens with two attached hydrogens (primary N) is 1. The Balaban J connectivity index is 0.00000289. The summed E-state index contributed by atoms with van der Waals surface area (Å²) in [6.45, 7) is 0.472. The van der Waals surface area contributed by atoms with E-state index < -0.39 is 12.0 Å². The molecule has 8 heteroatoms. The van der Waals surface area contributed by atoms with E-state index in [2.05, 4.69) is 10.3 Å². The van der Waals surface area contributed by atoms with Crippen LogP contribution in [0.4, 0.5) is 0 Å². The molecule has 1 amide bonds. The number of carboxylic acid groups (broad SMARTS) is 1. The van der Waals surface area contributed by atoms with Crippen molar-refractivity contribution >= 4 is 46.2 Å². The van der Waals surface area contributed by atoms with Crippen molar-refractivity contribution in [1.82, 2.24) is 10.3 Å². The summed E-state index contributed by atoms with van der Waals surface area (Å²) in [7, 11) is 0. The van der Waals surface area contributed by atoms with Gasteiger partial charge in [0.15, 0.2) is 5.58 Å². The second-order valence-electron chi connectivity index (χ2n) is 7.46. The molecule has 3 aromatic carbocycles. The minimum atomic E-state index is -1.00. The lowest BCUT2D eigenvalue weighted by molar-refractivity contribution is -0.138. The molecule has 0 saturated heterocycles. The van der Waals surface area contributed by atoms with Gasteiger partial charge in [0.05, 0.1) is 0 Å². The van der Waals surface area contributed by atoms with Crippen molar-refractivity contribution in [2.75, 3.05) is 6.54 Å². The lowest BCUT2D eigenvalue weighted by Gasteiger charge is -2.08. The lowest BCUT2D eigenvalue weighted by atomic mass is 10.0. The molecule has 0 bridgehead atoms. The Morgan fingerprint density at radius 3 is 2.56 bits per heavy atom. The van der Waals surface area contributed by atoms with Gasteiger partial charge >= 0.3 is 5.97 Å². The summed E-state index contributed by atoms with van der Waals surface area (Å²) in [5, 5.41) is 13.6. The van der Waals surface area contributed by atoms with Crippen LogP contribution in [0.1, 0.15) is 29.6 Å². The van der Waals surface area contributed by atoms with E-state index in [4.69, 9.17) is 15.3 Å². The maximum atomic E-state index is 12.4. The van der Waals surface area contributed by atoms with Crippen LogP contribution >= 0.6 is 12.4 Å². The normalized spacial score (nSPS) is 11.8. The second kappa shape index (κ2) is 10.3. The van der Waals surface area contributed by atoms with Gasteiger partial charge in [-0.3, -0.25) is 9.59 Å². The molecule has 1 heterocycles. The van der Waals surface area contributed by atoms with E-state index in [0.29, 0.717) is 37.3 Å². The Morgan fingerprint density at radius 2 is 1.78 bits per heavy atom. The third kappa shape index (κ3) is 5.25. The molecule has 4 N–H and O–H groups in total. The third-order valence-electron chi connectivity index (χ3n) is 5.19. The van der Waals surface area contributed by atoms with Gasteiger partial charge in [0.2, 0.25) is 5.89 Å². The number of oxazole rings is 1. The van der Waals surface area contributed by atoms with Crippen molar-refractivity contribution in [1.29, 1.82) is 0 Å². The number of unbranched alkanes of at least 4 members (excludes halogenated alkanes) is 1. The van der Waals surface area contributed by atoms with Crippen LogP contribution in [-0.4, -0.2) is 34.6 Å². The Kier molecular flexibility index (Phi) is 7.45. The quantitative estimate of drug-likeness (QED) is 0.340. The number of halogens is 1. The number of nitrogens with one attached hydrogen (secondary N) is 1. The first-order valence-electron chi connectivity index (χ1n) is 10.2. The average molecular weight is 454 g/mol. The van der Waals surface area contributed by atoms with Gasteiger partial charge in [0.1, 0.15) is 11.6 Å². The molecule has 0 aliphatic carbocycles. The molecule has 166 valence electrons. The Morgan fingerprint density at radius 1 is 1.03 bits per heavy atom. The lowest BCUT2D eigenvalue weighted by Crippen LogP contribution is -2.30. The second-order valence-corrected chi connectivity index (χ2v) is 7.46. The molecule has 7 nitrogen and oxygen atoms in total. The van der Waals surface area contributed by atoms with Gasteiger partial charge in [-0.2, -0.15) is 0 Å². The highest BCUT2D eigenvalue weighted by Gasteiger charge is 2.12. The van der Waals surface area contributed by atoms with Crippen molar-refractivity contribution in [2.24, 2.45) is 5.73 Å². The van der Waals surface area contributed by atoms with Crippen molar-refractivity contribution in [3.05, 3.63) is 66.2 Å². The van der Waals surface area contributed by atoms with Crippen LogP contribution in [0.15, 0.2) is 65.1 Å². The summed E-state index contributed by atoms with van der Waals surface area (Å²) in [4.78, 5) is 27.7. The molecule has 0 fully saturated rings. The van der Waals surface area contributed by atoms with Crippen molar-refractivity contribution < 1.29 is 19.1 Å². The van der Waals surface area contributed by atoms with Gasteiger partial charge in [-0.15, -0.1) is 12.4 Å². The number of carbonyl (C=O) groups is 2. The number of carboxylic acids is 1. The number of rotatable bonds is 8. The Labute approximate surface area is 191 Å². The van der Waals surface area contributed by atoms with E-state index in [-0.39, 0.29) is 18.3 Å². The molecule has 0 aliphatic rings. The van der Waals surface area contributed by atoms with Crippen LogP contribution in [0, 0.1) is 0 Å². The molecule has 4 rings (SSSR count). The number of benzene rings is 3. The van der Waals surface area contributed by atoms with Crippen LogP contribution in [0.5, 0.6) is 0 Å². The molecule has 4 aromatic rings. The monoisotopic (exact) mass is 453 g/mol. The topological polar surface area (TPSA) is 118 Å². The Bertz CT molecular complexity index is 1220. The number of fused-ring (bicyclic) bond motifs is 2. The maximum absolute atomic E-state index is 12.4. The smallest absolute Gasteiger partial charge is 0.320 e. The maximum Gasteiger partial charge on any atom is 0.320 e. The summed E-state index contributed by atoms with van der Waals surface area (Å²) < 4.78 is 5.84. The van der Waals surface area contributed by atoms with Crippen LogP contribution in [0.3, 0.4) is 0 Å². The van der Waals surface area contributed by atoms with Crippen LogP contribution in [0.25, 0.3) is 33.3 Å². The van der Waals surface area contributed by atoms with Gasteiger partial charge < -0.3 is 20.6 Å². The number of hydrogen-bond donors (Lipinski definition) is 3. The number of nitrogens with zero attached hydrogens (tertiary/aromatic N) is 1. The number of aliphatic carboxylic acids is 1. The summed E-state index contributed by atoms with van der Waals surface area (Å²) in [6, 6.07) is 18.2. The first-order chi connectivity index (χ1) is 15.0. The van der Waals surface area contributed by atoms with Crippen LogP contribution < -0.4 is 11.1 Å². The highest BCUT2D eigenvalue weighted by molar-refractivity contribution is 5.99. The number of carbonyl (C=O) groups excluding carboxylic acids is 1. The number of aromatic nitrogens is 1. The minimum Gasteiger partial charge on any atom is -0.480 e. The van der Waals surface area contributed by atoms with Crippen LogP contribution in [-0.2, 0) is 4.79 Å². The van der Waals surface area contributed by atoms with Gasteiger partial charge in [-0.25, -0.2) is 4.98 Å². The van der Waals surface area contributed by atoms with E-state index in [9.17, 15) is 9.59 Å². The van der Waals surface area contributed by atoms with Gasteiger partial charge in [-0.1, -0.05) is 24.3 Å². The van der Waals surface area contributed by atoms with E-state index in [1.54, 1.807) is 6.07 Å². The highest BCUT2D eigenvalue weighted by atomic mass is 35.5. The van der Waals surface area contributed by atoms with Gasteiger partial charge in [0.25, 0.3) is 5.91 Å². The zero-order chi connectivity index (χ0) is 21.8. The summed E-state index contributed by atoms with van der Waals surface area (Å²) in [5.41, 5.74) is 8.48. The first-order valence-corrected chi connectivity index (χ1v) is 10.2. The average Bonchev–Trinajstić information content (AvgIpc) is 3.22. The summed E-state index contributed by atoms with van der Waals surface area (Å²) in [6.07, 6.45) is 1.71. The molecule has 0 aliphatic heterocycles. The zero-order valence-electron chi connectivity index (χ0n) is 17.3. The summed E-state index contributed by atoms with van der Waals surface area (Å²) >= 11 is 0. The van der Waals surface area contributed by atoms with Crippen molar-refractivity contribution in [3.8, 4) is 11.5 Å². The minimum absolute atomic E-state index is 0. The standard InChI is InChI=1S/C24H23N3O4.ClH/c25-19(24(29)30)5-3-4-12-26-22(28)17-10-8-16-14-18(11-9-15(16)13-17)23-27-20-6-1-2-7-21(20)31-23;/h1-2,6-11,13-14,19H,3-5,12,25H2,(H,26,28)(H,29,30);1H. The zero-order valence-corrected chi connectivity index (χ0v) is 18.1. The molecule has 1 unspecified atom stereocenters. The fourth-order valence-corrected chi connectivity index (χ4v) is 3.43. The van der Waals surface area contributed by atoms with Gasteiger partial charge in [0, 0.05) is 17.7 Å². The molecule has 0 radical (unpaired) electrons. The number of para-hydroxylation sites is 2. The third-order valence-corrected chi connectivity index (χ3v) is 5.19. The number of hydrogen-bond acceptors (Lipinski definition) is 5. The molecular weight excluding hydrogens is 430 g/mol. The largest absolute Gasteiger partial charge is 0.480 e. The van der Waals surface area contributed by atoms with Gasteiger partial charge in [-0.05, 0) is 66.4 Å². The molecule has 0 saturated carbocycles. The predicted octanol–water partition coefficient (Wildman–Crippen LogP) is 4.38. The fourth-order valence-electron chi connectivity index (χ4n) is 3.43. The predicted molar refractivity (Wildman–Crippen MR) is 126 cm³/mol. The van der Waals surface area contributed by atoms with E-state index in [1.807, 2.05) is 54.6 Å². The first kappa shape index (κ1) is 23.2. The molecular formula is C24H24ClN3O4. The summed E-state index contributed by atoms with van der Waals surface area (Å²) in [5.74, 6) is -0.598. The fraction of sp³-hybridized carbons (Fsp3) is 0.208. The highest BCUT2D eigenvalue weighted by Crippen LogP contribution is 2.27. The molecule has 32 heavy (non-hydrogen) atoms. The van der Waals surface area contributed by atoms with E-state index in [0.717, 1.165) is 27.4 Å². The number of amides is 1. The Hall–Kier alpha value is -3.42. The molecule has 0 spiro atoms. The van der Waals surface area contributed by atoms with Crippen molar-refractivity contribution in [2.45, 2.75) is 25.3 Å². The van der Waals surface area contributed by atoms with E-state index >= 15 is 0 Å². The van der Waals surface area contributed by atoms with Crippen molar-refractivity contribution in [3.63, 3.8) is 0 Å². The molecule has 1 atom stereocenters.